The normalized spacial score (nSPS) is 23.6. The monoisotopic (exact) mass is 451 g/mol. The van der Waals surface area contributed by atoms with Gasteiger partial charge in [-0.25, -0.2) is 0 Å². The molecule has 5 rings (SSSR count). The van der Waals surface area contributed by atoms with Crippen LogP contribution in [0.25, 0.3) is 0 Å². The number of anilines is 2. The Morgan fingerprint density at radius 1 is 1.06 bits per heavy atom. The summed E-state index contributed by atoms with van der Waals surface area (Å²) in [6.07, 6.45) is 3.71. The van der Waals surface area contributed by atoms with Gasteiger partial charge in [-0.1, -0.05) is 0 Å². The summed E-state index contributed by atoms with van der Waals surface area (Å²) in [6, 6.07) is 10.8. The molecule has 1 atom stereocenters. The van der Waals surface area contributed by atoms with E-state index in [0.29, 0.717) is 56.5 Å². The molecule has 9 heteroatoms. The lowest BCUT2D eigenvalue weighted by Gasteiger charge is -2.33. The van der Waals surface area contributed by atoms with E-state index in [0.717, 1.165) is 19.4 Å². The molecule has 2 aromatic rings. The van der Waals surface area contributed by atoms with Crippen molar-refractivity contribution in [3.8, 4) is 5.75 Å². The number of benzene rings is 1. The van der Waals surface area contributed by atoms with Crippen LogP contribution in [0.3, 0.4) is 0 Å². The fourth-order valence-corrected chi connectivity index (χ4v) is 4.67. The van der Waals surface area contributed by atoms with Crippen molar-refractivity contribution in [2.24, 2.45) is 11.8 Å². The number of aromatic nitrogens is 2. The predicted molar refractivity (Wildman–Crippen MR) is 121 cm³/mol. The second-order valence-electron chi connectivity index (χ2n) is 8.88. The first-order valence-electron chi connectivity index (χ1n) is 11.6. The molecule has 4 heterocycles. The Hall–Kier alpha value is -2.88. The van der Waals surface area contributed by atoms with Gasteiger partial charge in [-0.05, 0) is 55.8 Å². The van der Waals surface area contributed by atoms with Crippen LogP contribution in [0.2, 0.25) is 0 Å². The zero-order chi connectivity index (χ0) is 22.7. The Kier molecular flexibility index (Phi) is 6.34. The summed E-state index contributed by atoms with van der Waals surface area (Å²) in [5.41, 5.74) is -0.171. The smallest absolute Gasteiger partial charge is 0.238 e. The van der Waals surface area contributed by atoms with Crippen LogP contribution in [0, 0.1) is 11.8 Å². The number of hydrogen-bond acceptors (Lipinski definition) is 8. The molecule has 33 heavy (non-hydrogen) atoms. The maximum atomic E-state index is 13.4. The third-order valence-corrected chi connectivity index (χ3v) is 6.70. The average Bonchev–Trinajstić information content (AvgIpc) is 3.30. The van der Waals surface area contributed by atoms with E-state index >= 15 is 0 Å². The van der Waals surface area contributed by atoms with Gasteiger partial charge < -0.3 is 20.1 Å². The summed E-state index contributed by atoms with van der Waals surface area (Å²) in [5, 5.41) is 14.5. The highest BCUT2D eigenvalue weighted by Gasteiger charge is 2.46. The van der Waals surface area contributed by atoms with E-state index in [2.05, 4.69) is 20.8 Å². The Bertz CT molecular complexity index is 968. The number of ketones is 1. The van der Waals surface area contributed by atoms with E-state index < -0.39 is 5.60 Å². The number of Topliss-reactive ketones (excluding diaryl/α,β-unsaturated/α-hetero) is 1. The van der Waals surface area contributed by atoms with Crippen LogP contribution >= 0.6 is 0 Å². The van der Waals surface area contributed by atoms with E-state index in [4.69, 9.17) is 9.47 Å². The van der Waals surface area contributed by atoms with Gasteiger partial charge in [0, 0.05) is 51.4 Å². The Morgan fingerprint density at radius 2 is 1.85 bits per heavy atom. The van der Waals surface area contributed by atoms with Crippen molar-refractivity contribution >= 4 is 23.2 Å². The molecule has 3 fully saturated rings. The van der Waals surface area contributed by atoms with Crippen molar-refractivity contribution in [1.29, 1.82) is 0 Å². The Morgan fingerprint density at radius 3 is 2.45 bits per heavy atom. The SMILES string of the molecule is O=C(C1CNC1)N(c1ccc(O[C@]2(C(=O)C3CCOCC3)CCNC2)cc1)c1cccnn1. The van der Waals surface area contributed by atoms with E-state index in [1.807, 2.05) is 24.3 Å². The summed E-state index contributed by atoms with van der Waals surface area (Å²) < 4.78 is 11.8. The van der Waals surface area contributed by atoms with Crippen molar-refractivity contribution in [3.63, 3.8) is 0 Å². The molecule has 2 N–H and O–H groups in total. The van der Waals surface area contributed by atoms with Gasteiger partial charge in [0.25, 0.3) is 0 Å². The molecule has 1 aromatic carbocycles. The van der Waals surface area contributed by atoms with Crippen LogP contribution in [-0.4, -0.2) is 66.9 Å². The maximum absolute atomic E-state index is 13.4. The van der Waals surface area contributed by atoms with E-state index in [1.165, 1.54) is 0 Å². The van der Waals surface area contributed by atoms with E-state index in [9.17, 15) is 9.59 Å². The van der Waals surface area contributed by atoms with Gasteiger partial charge in [0.2, 0.25) is 5.91 Å². The first-order valence-corrected chi connectivity index (χ1v) is 11.6. The molecule has 3 aliphatic rings. The number of amides is 1. The zero-order valence-electron chi connectivity index (χ0n) is 18.5. The van der Waals surface area contributed by atoms with Gasteiger partial charge in [0.1, 0.15) is 5.75 Å². The number of nitrogens with zero attached hydrogens (tertiary/aromatic N) is 3. The highest BCUT2D eigenvalue weighted by Crippen LogP contribution is 2.33. The summed E-state index contributed by atoms with van der Waals surface area (Å²) >= 11 is 0. The largest absolute Gasteiger partial charge is 0.478 e. The molecule has 0 spiro atoms. The average molecular weight is 452 g/mol. The quantitative estimate of drug-likeness (QED) is 0.652. The van der Waals surface area contributed by atoms with Crippen LogP contribution in [0.5, 0.6) is 5.75 Å². The third kappa shape index (κ3) is 4.48. The molecular weight excluding hydrogens is 422 g/mol. The number of nitrogens with one attached hydrogen (secondary N) is 2. The topological polar surface area (TPSA) is 106 Å². The predicted octanol–water partition coefficient (Wildman–Crippen LogP) is 1.47. The van der Waals surface area contributed by atoms with Crippen molar-refractivity contribution in [3.05, 3.63) is 42.6 Å². The van der Waals surface area contributed by atoms with E-state index in [-0.39, 0.29) is 23.5 Å². The highest BCUT2D eigenvalue weighted by atomic mass is 16.5. The first-order chi connectivity index (χ1) is 16.2. The van der Waals surface area contributed by atoms with Gasteiger partial charge in [0.05, 0.1) is 11.6 Å². The molecule has 0 aliphatic carbocycles. The van der Waals surface area contributed by atoms with Crippen LogP contribution < -0.4 is 20.3 Å². The summed E-state index contributed by atoms with van der Waals surface area (Å²) in [4.78, 5) is 28.1. The van der Waals surface area contributed by atoms with Crippen molar-refractivity contribution < 1.29 is 19.1 Å². The standard InChI is InChI=1S/C24H29N5O4/c30-22(17-7-12-32-13-8-17)24(9-11-25-16-24)33-20-5-3-19(4-6-20)29(21-2-1-10-27-28-21)23(31)18-14-26-15-18/h1-6,10,17-18,25-26H,7-9,11-16H2/t24-/m1/s1. The third-order valence-electron chi connectivity index (χ3n) is 6.70. The lowest BCUT2D eigenvalue weighted by molar-refractivity contribution is -0.140. The maximum Gasteiger partial charge on any atom is 0.238 e. The lowest BCUT2D eigenvalue weighted by atomic mass is 9.83. The van der Waals surface area contributed by atoms with Gasteiger partial charge in [-0.2, -0.15) is 5.10 Å². The molecule has 0 unspecified atom stereocenters. The summed E-state index contributed by atoms with van der Waals surface area (Å²) in [7, 11) is 0. The molecule has 1 amide bonds. The summed E-state index contributed by atoms with van der Waals surface area (Å²) in [6.45, 7) is 3.80. The first kappa shape index (κ1) is 21.9. The van der Waals surface area contributed by atoms with Crippen LogP contribution in [0.15, 0.2) is 42.6 Å². The van der Waals surface area contributed by atoms with Crippen molar-refractivity contribution in [2.75, 3.05) is 44.3 Å². The highest BCUT2D eigenvalue weighted by molar-refractivity contribution is 6.01. The van der Waals surface area contributed by atoms with Crippen LogP contribution in [-0.2, 0) is 14.3 Å². The molecule has 3 aliphatic heterocycles. The van der Waals surface area contributed by atoms with Crippen LogP contribution in [0.4, 0.5) is 11.5 Å². The fourth-order valence-electron chi connectivity index (χ4n) is 4.67. The van der Waals surface area contributed by atoms with E-state index in [1.54, 1.807) is 23.2 Å². The number of carbonyl (C=O) groups is 2. The van der Waals surface area contributed by atoms with Crippen molar-refractivity contribution in [2.45, 2.75) is 24.9 Å². The minimum absolute atomic E-state index is 0.0194. The van der Waals surface area contributed by atoms with Crippen molar-refractivity contribution in [1.82, 2.24) is 20.8 Å². The fraction of sp³-hybridized carbons (Fsp3) is 0.500. The minimum Gasteiger partial charge on any atom is -0.478 e. The molecule has 174 valence electrons. The number of rotatable bonds is 7. The van der Waals surface area contributed by atoms with Crippen LogP contribution in [0.1, 0.15) is 19.3 Å². The molecule has 0 saturated carbocycles. The molecule has 3 saturated heterocycles. The Labute approximate surface area is 192 Å². The number of carbonyl (C=O) groups excluding carboxylic acids is 2. The second kappa shape index (κ2) is 9.54. The second-order valence-corrected chi connectivity index (χ2v) is 8.88. The molecule has 9 nitrogen and oxygen atoms in total. The number of hydrogen-bond donors (Lipinski definition) is 2. The Balaban J connectivity index is 1.37. The van der Waals surface area contributed by atoms with Gasteiger partial charge in [0.15, 0.2) is 17.2 Å². The molecule has 1 aromatic heterocycles. The minimum atomic E-state index is -0.860. The van der Waals surface area contributed by atoms with Gasteiger partial charge >= 0.3 is 0 Å². The summed E-state index contributed by atoms with van der Waals surface area (Å²) in [5.74, 6) is 1.11. The number of ether oxygens (including phenoxy) is 2. The zero-order valence-corrected chi connectivity index (χ0v) is 18.5. The lowest BCUT2D eigenvalue weighted by Crippen LogP contribution is -2.51. The molecule has 0 bridgehead atoms. The van der Waals surface area contributed by atoms with Gasteiger partial charge in [-0.3, -0.25) is 14.5 Å². The molecule has 0 radical (unpaired) electrons. The molecular formula is C24H29N5O4. The van der Waals surface area contributed by atoms with Gasteiger partial charge in [-0.15, -0.1) is 5.10 Å².